The minimum Gasteiger partial charge on any atom is -0.383 e. The number of aromatic nitrogens is 3. The molecule has 1 N–H and O–H groups in total. The molecule has 1 aromatic carbocycles. The Morgan fingerprint density at radius 2 is 2.36 bits per heavy atom. The highest BCUT2D eigenvalue weighted by molar-refractivity contribution is 7.22. The van der Waals surface area contributed by atoms with Gasteiger partial charge in [-0.3, -0.25) is 4.90 Å². The Kier molecular flexibility index (Phi) is 3.20. The van der Waals surface area contributed by atoms with Crippen molar-refractivity contribution in [2.24, 2.45) is 0 Å². The lowest BCUT2D eigenvalue weighted by Gasteiger charge is -2.08. The minimum atomic E-state index is -0.0804. The van der Waals surface area contributed by atoms with E-state index in [0.29, 0.717) is 19.7 Å². The van der Waals surface area contributed by atoms with Crippen molar-refractivity contribution in [2.75, 3.05) is 31.7 Å². The molecule has 0 saturated carbocycles. The average molecular weight is 317 g/mol. The first-order valence-corrected chi connectivity index (χ1v) is 7.88. The Hall–Kier alpha value is -2.19. The largest absolute Gasteiger partial charge is 0.383 e. The molecule has 8 heteroatoms. The number of carbonyl (C=O) groups is 1. The van der Waals surface area contributed by atoms with Crippen LogP contribution in [0.5, 0.6) is 0 Å². The summed E-state index contributed by atoms with van der Waals surface area (Å²) < 4.78 is 8.26. The van der Waals surface area contributed by atoms with Gasteiger partial charge in [-0.05, 0) is 12.1 Å². The molecule has 2 amide bonds. The van der Waals surface area contributed by atoms with Crippen molar-refractivity contribution in [3.8, 4) is 0 Å². The van der Waals surface area contributed by atoms with Crippen molar-refractivity contribution in [1.29, 1.82) is 0 Å². The van der Waals surface area contributed by atoms with Crippen LogP contribution in [0.1, 0.15) is 0 Å². The Morgan fingerprint density at radius 1 is 1.45 bits per heavy atom. The molecule has 1 aliphatic heterocycles. The number of fused-ring (bicyclic) bond motifs is 3. The van der Waals surface area contributed by atoms with Gasteiger partial charge in [0.25, 0.3) is 0 Å². The maximum absolute atomic E-state index is 11.8. The Balaban J connectivity index is 1.85. The highest BCUT2D eigenvalue weighted by Crippen LogP contribution is 2.33. The first kappa shape index (κ1) is 13.5. The molecule has 22 heavy (non-hydrogen) atoms. The molecule has 3 aromatic rings. The van der Waals surface area contributed by atoms with Crippen LogP contribution in [0.4, 0.5) is 9.93 Å². The van der Waals surface area contributed by atoms with Crippen LogP contribution < -0.4 is 10.2 Å². The number of nitrogens with one attached hydrogen (secondary N) is 1. The fourth-order valence-corrected chi connectivity index (χ4v) is 3.66. The zero-order valence-corrected chi connectivity index (χ0v) is 12.9. The number of imidazole rings is 1. The molecule has 1 fully saturated rings. The minimum absolute atomic E-state index is 0.0804. The predicted octanol–water partition coefficient (Wildman–Crippen LogP) is 1.82. The van der Waals surface area contributed by atoms with E-state index in [0.717, 1.165) is 32.9 Å². The number of hydrogen-bond donors (Lipinski definition) is 1. The molecular weight excluding hydrogens is 302 g/mol. The van der Waals surface area contributed by atoms with Crippen molar-refractivity contribution >= 4 is 43.7 Å². The molecule has 4 rings (SSSR count). The summed E-state index contributed by atoms with van der Waals surface area (Å²) in [6.07, 6.45) is 1.81. The summed E-state index contributed by atoms with van der Waals surface area (Å²) >= 11 is 1.53. The van der Waals surface area contributed by atoms with Gasteiger partial charge in [0.05, 0.1) is 28.7 Å². The fourth-order valence-electron chi connectivity index (χ4n) is 2.66. The van der Waals surface area contributed by atoms with Crippen molar-refractivity contribution in [2.45, 2.75) is 6.54 Å². The van der Waals surface area contributed by atoms with Gasteiger partial charge in [0.1, 0.15) is 5.52 Å². The SMILES string of the molecule is COCCn1cnc2ccc3sc(N4CCNC4=O)nc3c21. The van der Waals surface area contributed by atoms with E-state index < -0.39 is 0 Å². The second kappa shape index (κ2) is 5.22. The number of methoxy groups -OCH3 is 1. The lowest BCUT2D eigenvalue weighted by Crippen LogP contribution is -2.27. The summed E-state index contributed by atoms with van der Waals surface area (Å²) in [5.41, 5.74) is 2.80. The lowest BCUT2D eigenvalue weighted by molar-refractivity contribution is 0.188. The van der Waals surface area contributed by atoms with Crippen molar-refractivity contribution in [3.63, 3.8) is 0 Å². The number of benzene rings is 1. The van der Waals surface area contributed by atoms with E-state index >= 15 is 0 Å². The number of rotatable bonds is 4. The van der Waals surface area contributed by atoms with Crippen LogP contribution in [-0.2, 0) is 11.3 Å². The predicted molar refractivity (Wildman–Crippen MR) is 85.5 cm³/mol. The van der Waals surface area contributed by atoms with Crippen LogP contribution in [0, 0.1) is 0 Å². The molecule has 114 valence electrons. The van der Waals surface area contributed by atoms with Gasteiger partial charge in [0, 0.05) is 26.7 Å². The first-order chi connectivity index (χ1) is 10.8. The third kappa shape index (κ3) is 2.03. The van der Waals surface area contributed by atoms with Crippen LogP contribution in [0.3, 0.4) is 0 Å². The summed E-state index contributed by atoms with van der Waals surface area (Å²) in [7, 11) is 1.68. The van der Waals surface area contributed by atoms with Crippen LogP contribution in [0.2, 0.25) is 0 Å². The van der Waals surface area contributed by atoms with Crippen LogP contribution >= 0.6 is 11.3 Å². The van der Waals surface area contributed by atoms with Crippen molar-refractivity contribution in [1.82, 2.24) is 19.9 Å². The molecule has 0 atom stereocenters. The van der Waals surface area contributed by atoms with Crippen molar-refractivity contribution in [3.05, 3.63) is 18.5 Å². The molecule has 0 unspecified atom stereocenters. The second-order valence-corrected chi connectivity index (χ2v) is 6.10. The summed E-state index contributed by atoms with van der Waals surface area (Å²) in [6.45, 7) is 2.66. The summed E-state index contributed by atoms with van der Waals surface area (Å²) in [4.78, 5) is 22.6. The topological polar surface area (TPSA) is 72.3 Å². The van der Waals surface area contributed by atoms with E-state index in [1.54, 1.807) is 12.0 Å². The number of carbonyl (C=O) groups excluding carboxylic acids is 1. The van der Waals surface area contributed by atoms with E-state index in [9.17, 15) is 4.79 Å². The molecule has 2 aromatic heterocycles. The highest BCUT2D eigenvalue weighted by atomic mass is 32.1. The van der Waals surface area contributed by atoms with Gasteiger partial charge in [0.15, 0.2) is 5.13 Å². The summed E-state index contributed by atoms with van der Waals surface area (Å²) in [5, 5.41) is 3.54. The van der Waals surface area contributed by atoms with Gasteiger partial charge in [-0.15, -0.1) is 0 Å². The molecular formula is C14H15N5O2S. The second-order valence-electron chi connectivity index (χ2n) is 5.09. The van der Waals surface area contributed by atoms with Crippen LogP contribution in [-0.4, -0.2) is 47.4 Å². The summed E-state index contributed by atoms with van der Waals surface area (Å²) in [5.74, 6) is 0. The van der Waals surface area contributed by atoms with Gasteiger partial charge in [-0.1, -0.05) is 11.3 Å². The number of ether oxygens (including phenoxy) is 1. The highest BCUT2D eigenvalue weighted by Gasteiger charge is 2.25. The molecule has 0 spiro atoms. The Bertz CT molecular complexity index is 856. The zero-order chi connectivity index (χ0) is 15.1. The van der Waals surface area contributed by atoms with Gasteiger partial charge in [-0.2, -0.15) is 0 Å². The van der Waals surface area contributed by atoms with Gasteiger partial charge in [0.2, 0.25) is 0 Å². The normalized spacial score (nSPS) is 15.1. The molecule has 1 aliphatic rings. The summed E-state index contributed by atoms with van der Waals surface area (Å²) in [6, 6.07) is 3.93. The smallest absolute Gasteiger partial charge is 0.323 e. The number of amides is 2. The van der Waals surface area contributed by atoms with E-state index in [1.807, 2.05) is 18.5 Å². The van der Waals surface area contributed by atoms with Gasteiger partial charge in [-0.25, -0.2) is 14.8 Å². The Labute approximate surface area is 130 Å². The number of anilines is 1. The number of thiazole rings is 1. The lowest BCUT2D eigenvalue weighted by atomic mass is 10.3. The first-order valence-electron chi connectivity index (χ1n) is 7.06. The van der Waals surface area contributed by atoms with E-state index in [1.165, 1.54) is 11.3 Å². The maximum atomic E-state index is 11.8. The number of nitrogens with zero attached hydrogens (tertiary/aromatic N) is 4. The Morgan fingerprint density at radius 3 is 3.14 bits per heavy atom. The monoisotopic (exact) mass is 317 g/mol. The third-order valence-electron chi connectivity index (χ3n) is 3.75. The fraction of sp³-hybridized carbons (Fsp3) is 0.357. The van der Waals surface area contributed by atoms with E-state index in [-0.39, 0.29) is 6.03 Å². The van der Waals surface area contributed by atoms with Gasteiger partial charge < -0.3 is 14.6 Å². The van der Waals surface area contributed by atoms with Crippen molar-refractivity contribution < 1.29 is 9.53 Å². The molecule has 7 nitrogen and oxygen atoms in total. The molecule has 3 heterocycles. The van der Waals surface area contributed by atoms with Crippen LogP contribution in [0.15, 0.2) is 18.5 Å². The average Bonchev–Trinajstić information content (AvgIpc) is 3.20. The van der Waals surface area contributed by atoms with E-state index in [4.69, 9.17) is 9.72 Å². The number of urea groups is 1. The number of hydrogen-bond acceptors (Lipinski definition) is 5. The van der Waals surface area contributed by atoms with E-state index in [2.05, 4.69) is 14.9 Å². The third-order valence-corrected chi connectivity index (χ3v) is 4.79. The molecule has 1 saturated heterocycles. The standard InChI is InChI=1S/C14H15N5O2S/c1-21-7-6-18-8-16-9-2-3-10-11(12(9)18)17-14(22-10)19-5-4-15-13(19)20/h2-3,8H,4-7H2,1H3,(H,15,20). The molecule has 0 bridgehead atoms. The maximum Gasteiger partial charge on any atom is 0.323 e. The van der Waals surface area contributed by atoms with Gasteiger partial charge >= 0.3 is 6.03 Å². The molecule has 0 radical (unpaired) electrons. The quantitative estimate of drug-likeness (QED) is 0.797. The van der Waals surface area contributed by atoms with Crippen LogP contribution in [0.25, 0.3) is 21.3 Å². The zero-order valence-electron chi connectivity index (χ0n) is 12.1. The molecule has 0 aliphatic carbocycles.